The van der Waals surface area contributed by atoms with Gasteiger partial charge in [0.25, 0.3) is 0 Å². The van der Waals surface area contributed by atoms with Gasteiger partial charge in [0.1, 0.15) is 6.10 Å². The van der Waals surface area contributed by atoms with Crippen molar-refractivity contribution in [2.24, 2.45) is 17.8 Å². The molecule has 1 saturated carbocycles. The lowest BCUT2D eigenvalue weighted by molar-refractivity contribution is -0.153. The predicted molar refractivity (Wildman–Crippen MR) is 70.5 cm³/mol. The maximum Gasteiger partial charge on any atom is 0.441 e. The highest BCUT2D eigenvalue weighted by Crippen LogP contribution is 2.35. The Kier molecular flexibility index (Phi) is 5.43. The Morgan fingerprint density at radius 2 is 1.95 bits per heavy atom. The summed E-state index contributed by atoms with van der Waals surface area (Å²) in [6.07, 6.45) is 2.74. The summed E-state index contributed by atoms with van der Waals surface area (Å²) >= 11 is 0. The first kappa shape index (κ1) is 15.6. The second-order valence-electron chi connectivity index (χ2n) is 5.77. The zero-order valence-corrected chi connectivity index (χ0v) is 12.0. The fourth-order valence-electron chi connectivity index (χ4n) is 2.70. The molecule has 0 bridgehead atoms. The maximum atomic E-state index is 11.8. The molecule has 5 heteroatoms. The van der Waals surface area contributed by atoms with Gasteiger partial charge in [0.05, 0.1) is 0 Å². The first-order valence-corrected chi connectivity index (χ1v) is 6.80. The van der Waals surface area contributed by atoms with E-state index >= 15 is 0 Å². The van der Waals surface area contributed by atoms with Crippen molar-refractivity contribution in [1.82, 2.24) is 0 Å². The Morgan fingerprint density at radius 3 is 2.42 bits per heavy atom. The molecule has 106 valence electrons. The molecule has 1 fully saturated rings. The first-order valence-electron chi connectivity index (χ1n) is 6.80. The van der Waals surface area contributed by atoms with E-state index in [-0.39, 0.29) is 6.10 Å². The first-order chi connectivity index (χ1) is 8.86. The average molecular weight is 266 g/mol. The van der Waals surface area contributed by atoms with Gasteiger partial charge in [-0.2, -0.15) is 4.79 Å². The molecule has 5 nitrogen and oxygen atoms in total. The van der Waals surface area contributed by atoms with E-state index in [1.165, 1.54) is 6.92 Å². The summed E-state index contributed by atoms with van der Waals surface area (Å²) in [5.41, 5.74) is 8.16. The third-order valence-electron chi connectivity index (χ3n) is 3.85. The topological polar surface area (TPSA) is 79.8 Å². The van der Waals surface area contributed by atoms with Crippen LogP contribution in [0.4, 0.5) is 0 Å². The zero-order chi connectivity index (χ0) is 14.6. The molecule has 1 rings (SSSR count). The van der Waals surface area contributed by atoms with Gasteiger partial charge in [-0.15, -0.1) is 0 Å². The van der Waals surface area contributed by atoms with Crippen molar-refractivity contribution in [2.45, 2.75) is 53.1 Å². The second kappa shape index (κ2) is 6.62. The van der Waals surface area contributed by atoms with Crippen molar-refractivity contribution in [3.05, 3.63) is 5.53 Å². The number of ether oxygens (including phenoxy) is 1. The van der Waals surface area contributed by atoms with Crippen LogP contribution in [0.5, 0.6) is 0 Å². The molecule has 0 aromatic rings. The number of ketones is 1. The number of Topliss-reactive ketones (excluding diaryl/α,β-unsaturated/α-hetero) is 1. The van der Waals surface area contributed by atoms with Gasteiger partial charge in [-0.25, -0.2) is 4.79 Å². The third kappa shape index (κ3) is 4.00. The third-order valence-corrected chi connectivity index (χ3v) is 3.85. The zero-order valence-electron chi connectivity index (χ0n) is 12.0. The van der Waals surface area contributed by atoms with Crippen LogP contribution in [-0.4, -0.2) is 28.4 Å². The Hall–Kier alpha value is -1.48. The van der Waals surface area contributed by atoms with Gasteiger partial charge in [0.2, 0.25) is 5.78 Å². The highest BCUT2D eigenvalue weighted by atomic mass is 16.5. The van der Waals surface area contributed by atoms with E-state index in [2.05, 4.69) is 25.6 Å². The summed E-state index contributed by atoms with van der Waals surface area (Å²) in [5, 5.41) is 0. The average Bonchev–Trinajstić information content (AvgIpc) is 2.28. The Morgan fingerprint density at radius 1 is 1.32 bits per heavy atom. The van der Waals surface area contributed by atoms with Crippen LogP contribution in [0.15, 0.2) is 0 Å². The van der Waals surface area contributed by atoms with Crippen molar-refractivity contribution < 1.29 is 19.1 Å². The van der Waals surface area contributed by atoms with Crippen LogP contribution >= 0.6 is 0 Å². The number of hydrogen-bond donors (Lipinski definition) is 0. The van der Waals surface area contributed by atoms with E-state index in [1.54, 1.807) is 0 Å². The van der Waals surface area contributed by atoms with Crippen LogP contribution < -0.4 is 0 Å². The highest BCUT2D eigenvalue weighted by Gasteiger charge is 2.37. The fourth-order valence-corrected chi connectivity index (χ4v) is 2.70. The van der Waals surface area contributed by atoms with Crippen LogP contribution in [0, 0.1) is 17.8 Å². The van der Waals surface area contributed by atoms with Crippen molar-refractivity contribution in [2.75, 3.05) is 0 Å². The number of esters is 1. The minimum Gasteiger partial charge on any atom is -0.453 e. The van der Waals surface area contributed by atoms with Gasteiger partial charge < -0.3 is 10.3 Å². The molecule has 1 aliphatic rings. The van der Waals surface area contributed by atoms with Gasteiger partial charge in [-0.3, -0.25) is 4.79 Å². The molecular formula is C14H22N2O3. The monoisotopic (exact) mass is 266 g/mol. The van der Waals surface area contributed by atoms with Crippen LogP contribution in [0.1, 0.15) is 47.0 Å². The van der Waals surface area contributed by atoms with Gasteiger partial charge in [-0.1, -0.05) is 27.2 Å². The van der Waals surface area contributed by atoms with Gasteiger partial charge in [0.15, 0.2) is 0 Å². The lowest BCUT2D eigenvalue weighted by Gasteiger charge is -2.36. The Bertz CT molecular complexity index is 411. The molecule has 0 heterocycles. The van der Waals surface area contributed by atoms with E-state index in [4.69, 9.17) is 10.3 Å². The SMILES string of the molecule is CC(=O)C(=[N+]=[N-])C(=O)O[C@@H]1C[C@H](C)CC[C@H]1C(C)C. The molecular weight excluding hydrogens is 244 g/mol. The molecule has 0 unspecified atom stereocenters. The summed E-state index contributed by atoms with van der Waals surface area (Å²) in [4.78, 5) is 25.7. The summed E-state index contributed by atoms with van der Waals surface area (Å²) in [6.45, 7) is 7.52. The summed E-state index contributed by atoms with van der Waals surface area (Å²) in [7, 11) is 0. The van der Waals surface area contributed by atoms with Gasteiger partial charge >= 0.3 is 11.7 Å². The molecule has 0 aromatic heterocycles. The Labute approximate surface area is 113 Å². The molecule has 1 aliphatic carbocycles. The Balaban J connectivity index is 2.79. The van der Waals surface area contributed by atoms with E-state index in [0.29, 0.717) is 17.8 Å². The molecule has 0 N–H and O–H groups in total. The lowest BCUT2D eigenvalue weighted by Crippen LogP contribution is -2.38. The molecule has 0 radical (unpaired) electrons. The van der Waals surface area contributed by atoms with E-state index in [0.717, 1.165) is 19.3 Å². The van der Waals surface area contributed by atoms with Crippen LogP contribution in [0.2, 0.25) is 0 Å². The summed E-state index contributed by atoms with van der Waals surface area (Å²) < 4.78 is 5.40. The molecule has 0 spiro atoms. The summed E-state index contributed by atoms with van der Waals surface area (Å²) in [6, 6.07) is 0. The number of carbonyl (C=O) groups excluding carboxylic acids is 2. The van der Waals surface area contributed by atoms with Crippen molar-refractivity contribution in [1.29, 1.82) is 0 Å². The minimum absolute atomic E-state index is 0.202. The number of nitrogens with zero attached hydrogens (tertiary/aromatic N) is 2. The molecule has 3 atom stereocenters. The predicted octanol–water partition coefficient (Wildman–Crippen LogP) is 2.25. The molecule has 19 heavy (non-hydrogen) atoms. The van der Waals surface area contributed by atoms with E-state index in [9.17, 15) is 9.59 Å². The van der Waals surface area contributed by atoms with Gasteiger partial charge in [0, 0.05) is 6.92 Å². The smallest absolute Gasteiger partial charge is 0.441 e. The molecule has 0 amide bonds. The summed E-state index contributed by atoms with van der Waals surface area (Å²) in [5.74, 6) is -0.193. The van der Waals surface area contributed by atoms with E-state index < -0.39 is 17.5 Å². The van der Waals surface area contributed by atoms with E-state index in [1.807, 2.05) is 0 Å². The number of rotatable bonds is 4. The minimum atomic E-state index is -0.820. The van der Waals surface area contributed by atoms with Crippen LogP contribution in [0.3, 0.4) is 0 Å². The second-order valence-corrected chi connectivity index (χ2v) is 5.77. The number of hydrogen-bond acceptors (Lipinski definition) is 3. The highest BCUT2D eigenvalue weighted by molar-refractivity contribution is 6.61. The van der Waals surface area contributed by atoms with Crippen molar-refractivity contribution in [3.8, 4) is 0 Å². The number of carbonyl (C=O) groups is 2. The molecule has 0 saturated heterocycles. The molecule has 0 aromatic carbocycles. The van der Waals surface area contributed by atoms with Crippen molar-refractivity contribution in [3.63, 3.8) is 0 Å². The largest absolute Gasteiger partial charge is 0.453 e. The molecule has 0 aliphatic heterocycles. The van der Waals surface area contributed by atoms with Gasteiger partial charge in [-0.05, 0) is 30.6 Å². The van der Waals surface area contributed by atoms with Crippen molar-refractivity contribution >= 4 is 17.5 Å². The normalized spacial score (nSPS) is 26.7. The fraction of sp³-hybridized carbons (Fsp3) is 0.786. The lowest BCUT2D eigenvalue weighted by atomic mass is 9.75. The van der Waals surface area contributed by atoms with Crippen LogP contribution in [-0.2, 0) is 14.3 Å². The van der Waals surface area contributed by atoms with Crippen LogP contribution in [0.25, 0.3) is 5.53 Å². The quantitative estimate of drug-likeness (QED) is 0.257. The maximum absolute atomic E-state index is 11.8. The standard InChI is InChI=1S/C14H22N2O3/c1-8(2)11-6-5-9(3)7-12(11)19-14(18)13(16-15)10(4)17/h8-9,11-12H,5-7H2,1-4H3/t9-,11+,12-/m1/s1.